The van der Waals surface area contributed by atoms with Crippen molar-refractivity contribution in [2.24, 2.45) is 0 Å². The van der Waals surface area contributed by atoms with Crippen LogP contribution < -0.4 is 9.62 Å². The van der Waals surface area contributed by atoms with Gasteiger partial charge in [0.05, 0.1) is 11.9 Å². The van der Waals surface area contributed by atoms with E-state index in [0.717, 1.165) is 52.9 Å². The van der Waals surface area contributed by atoms with Crippen LogP contribution in [0.15, 0.2) is 48.5 Å². The van der Waals surface area contributed by atoms with Gasteiger partial charge in [-0.2, -0.15) is 0 Å². The molecular weight excluding hydrogens is 498 g/mol. The van der Waals surface area contributed by atoms with Crippen molar-refractivity contribution >= 4 is 27.5 Å². The van der Waals surface area contributed by atoms with Crippen LogP contribution in [0.1, 0.15) is 76.5 Å². The Kier molecular flexibility index (Phi) is 9.63. The predicted octanol–water partition coefficient (Wildman–Crippen LogP) is 4.92. The Balaban J connectivity index is 1.93. The molecule has 1 aliphatic rings. The van der Waals surface area contributed by atoms with Gasteiger partial charge in [0.1, 0.15) is 12.6 Å². The van der Waals surface area contributed by atoms with Crippen LogP contribution in [0.3, 0.4) is 0 Å². The second-order valence-corrected chi connectivity index (χ2v) is 13.3. The number of nitrogens with zero attached hydrogens (tertiary/aromatic N) is 2. The highest BCUT2D eigenvalue weighted by Crippen LogP contribution is 2.27. The van der Waals surface area contributed by atoms with E-state index in [0.29, 0.717) is 12.1 Å². The molecule has 1 atom stereocenters. The normalized spacial score (nSPS) is 15.2. The third-order valence-corrected chi connectivity index (χ3v) is 8.53. The molecule has 0 spiro atoms. The van der Waals surface area contributed by atoms with Crippen molar-refractivity contribution in [3.05, 3.63) is 65.2 Å². The Morgan fingerprint density at radius 3 is 2.16 bits per heavy atom. The zero-order valence-electron chi connectivity index (χ0n) is 23.7. The van der Waals surface area contributed by atoms with Gasteiger partial charge >= 0.3 is 0 Å². The standard InChI is InChI=1S/C30H43N3O4S/c1-7-27(29(35)31-25-14-10-11-15-25)32(20-23-13-9-8-12-22(23)2)28(34)21-33(38(6,36)37)26-18-16-24(17-19-26)30(3,4)5/h8-9,12-13,16-19,25,27H,7,10-11,14-15,20-21H2,1-6H3,(H,31,35)/t27-/m1/s1. The van der Waals surface area contributed by atoms with Gasteiger partial charge in [0.25, 0.3) is 0 Å². The van der Waals surface area contributed by atoms with Gasteiger partial charge in [-0.05, 0) is 60.4 Å². The molecule has 3 rings (SSSR count). The summed E-state index contributed by atoms with van der Waals surface area (Å²) in [7, 11) is -3.76. The lowest BCUT2D eigenvalue weighted by molar-refractivity contribution is -0.140. The summed E-state index contributed by atoms with van der Waals surface area (Å²) in [5.41, 5.74) is 3.34. The monoisotopic (exact) mass is 541 g/mol. The highest BCUT2D eigenvalue weighted by molar-refractivity contribution is 7.92. The molecule has 0 heterocycles. The van der Waals surface area contributed by atoms with E-state index in [2.05, 4.69) is 26.1 Å². The van der Waals surface area contributed by atoms with Crippen LogP contribution in [0, 0.1) is 6.92 Å². The van der Waals surface area contributed by atoms with Crippen molar-refractivity contribution in [1.29, 1.82) is 0 Å². The van der Waals surface area contributed by atoms with Crippen molar-refractivity contribution in [1.82, 2.24) is 10.2 Å². The van der Waals surface area contributed by atoms with E-state index in [4.69, 9.17) is 0 Å². The van der Waals surface area contributed by atoms with Crippen LogP contribution in [0.2, 0.25) is 0 Å². The van der Waals surface area contributed by atoms with Crippen LogP contribution in [0.25, 0.3) is 0 Å². The van der Waals surface area contributed by atoms with Crippen molar-refractivity contribution in [3.63, 3.8) is 0 Å². The Hall–Kier alpha value is -2.87. The summed E-state index contributed by atoms with van der Waals surface area (Å²) in [6.07, 6.45) is 5.60. The lowest BCUT2D eigenvalue weighted by Gasteiger charge is -2.34. The number of sulfonamides is 1. The maximum absolute atomic E-state index is 13.9. The molecule has 0 unspecified atom stereocenters. The fourth-order valence-electron chi connectivity index (χ4n) is 5.00. The maximum atomic E-state index is 13.9. The molecule has 2 aromatic rings. The van der Waals surface area contributed by atoms with E-state index < -0.39 is 22.0 Å². The number of aryl methyl sites for hydroxylation is 1. The molecule has 0 radical (unpaired) electrons. The van der Waals surface area contributed by atoms with Crippen LogP contribution >= 0.6 is 0 Å². The predicted molar refractivity (Wildman–Crippen MR) is 154 cm³/mol. The molecule has 0 aromatic heterocycles. The maximum Gasteiger partial charge on any atom is 0.244 e. The number of hydrogen-bond donors (Lipinski definition) is 1. The molecule has 208 valence electrons. The van der Waals surface area contributed by atoms with E-state index >= 15 is 0 Å². The van der Waals surface area contributed by atoms with E-state index in [1.807, 2.05) is 50.2 Å². The first kappa shape index (κ1) is 29.7. The third kappa shape index (κ3) is 7.59. The largest absolute Gasteiger partial charge is 0.352 e. The average molecular weight is 542 g/mol. The number of amides is 2. The van der Waals surface area contributed by atoms with Crippen LogP contribution in [0.5, 0.6) is 0 Å². The van der Waals surface area contributed by atoms with Gasteiger partial charge in [-0.1, -0.05) is 76.9 Å². The van der Waals surface area contributed by atoms with Gasteiger partial charge in [-0.3, -0.25) is 13.9 Å². The molecule has 1 aliphatic carbocycles. The third-order valence-electron chi connectivity index (χ3n) is 7.39. The molecule has 8 heteroatoms. The van der Waals surface area contributed by atoms with E-state index in [-0.39, 0.29) is 30.5 Å². The quantitative estimate of drug-likeness (QED) is 0.462. The smallest absolute Gasteiger partial charge is 0.244 e. The second kappa shape index (κ2) is 12.3. The number of rotatable bonds is 10. The zero-order valence-corrected chi connectivity index (χ0v) is 24.5. The number of hydrogen-bond acceptors (Lipinski definition) is 4. The Labute approximate surface area is 228 Å². The summed E-state index contributed by atoms with van der Waals surface area (Å²) in [4.78, 5) is 28.8. The molecule has 1 fully saturated rings. The Bertz CT molecular complexity index is 1210. The summed E-state index contributed by atoms with van der Waals surface area (Å²) in [6.45, 7) is 9.96. The number of nitrogens with one attached hydrogen (secondary N) is 1. The summed E-state index contributed by atoms with van der Waals surface area (Å²) in [5, 5.41) is 3.14. The Morgan fingerprint density at radius 2 is 1.63 bits per heavy atom. The minimum absolute atomic E-state index is 0.0877. The molecule has 0 aliphatic heterocycles. The molecule has 2 aromatic carbocycles. The number of benzene rings is 2. The molecule has 7 nitrogen and oxygen atoms in total. The molecule has 1 saturated carbocycles. The number of anilines is 1. The fourth-order valence-corrected chi connectivity index (χ4v) is 5.85. The van der Waals surface area contributed by atoms with Gasteiger partial charge in [0.15, 0.2) is 0 Å². The average Bonchev–Trinajstić information content (AvgIpc) is 3.35. The van der Waals surface area contributed by atoms with E-state index in [1.165, 1.54) is 0 Å². The lowest BCUT2D eigenvalue weighted by atomic mass is 9.87. The highest BCUT2D eigenvalue weighted by atomic mass is 32.2. The van der Waals surface area contributed by atoms with Crippen molar-refractivity contribution in [2.45, 2.75) is 90.8 Å². The van der Waals surface area contributed by atoms with Crippen molar-refractivity contribution in [3.8, 4) is 0 Å². The van der Waals surface area contributed by atoms with Gasteiger partial charge < -0.3 is 10.2 Å². The lowest BCUT2D eigenvalue weighted by Crippen LogP contribution is -2.53. The van der Waals surface area contributed by atoms with Crippen molar-refractivity contribution < 1.29 is 18.0 Å². The molecule has 2 amide bonds. The molecule has 0 saturated heterocycles. The van der Waals surface area contributed by atoms with Crippen LogP contribution in [-0.2, 0) is 31.6 Å². The summed E-state index contributed by atoms with van der Waals surface area (Å²) >= 11 is 0. The summed E-state index contributed by atoms with van der Waals surface area (Å²) in [6, 6.07) is 14.4. The molecule has 1 N–H and O–H groups in total. The summed E-state index contributed by atoms with van der Waals surface area (Å²) in [5.74, 6) is -0.589. The van der Waals surface area contributed by atoms with Gasteiger partial charge in [0.2, 0.25) is 21.8 Å². The van der Waals surface area contributed by atoms with Gasteiger partial charge in [-0.25, -0.2) is 8.42 Å². The first-order chi connectivity index (χ1) is 17.8. The number of carbonyl (C=O) groups is 2. The zero-order chi connectivity index (χ0) is 28.1. The first-order valence-corrected chi connectivity index (χ1v) is 15.4. The summed E-state index contributed by atoms with van der Waals surface area (Å²) < 4.78 is 26.9. The SMILES string of the molecule is CC[C@H](C(=O)NC1CCCC1)N(Cc1ccccc1C)C(=O)CN(c1ccc(C(C)(C)C)cc1)S(C)(=O)=O. The minimum atomic E-state index is -3.76. The minimum Gasteiger partial charge on any atom is -0.352 e. The van der Waals surface area contributed by atoms with Gasteiger partial charge in [0, 0.05) is 12.6 Å². The van der Waals surface area contributed by atoms with Gasteiger partial charge in [-0.15, -0.1) is 0 Å². The van der Waals surface area contributed by atoms with Crippen molar-refractivity contribution in [2.75, 3.05) is 17.1 Å². The highest BCUT2D eigenvalue weighted by Gasteiger charge is 2.33. The molecule has 38 heavy (non-hydrogen) atoms. The van der Waals surface area contributed by atoms with Crippen LogP contribution in [0.4, 0.5) is 5.69 Å². The molecule has 0 bridgehead atoms. The fraction of sp³-hybridized carbons (Fsp3) is 0.533. The van der Waals surface area contributed by atoms with Crippen LogP contribution in [-0.4, -0.2) is 50.0 Å². The topological polar surface area (TPSA) is 86.8 Å². The van der Waals surface area contributed by atoms with E-state index in [1.54, 1.807) is 17.0 Å². The van der Waals surface area contributed by atoms with E-state index in [9.17, 15) is 18.0 Å². The number of carbonyl (C=O) groups excluding carboxylic acids is 2. The molecular formula is C30H43N3O4S. The Morgan fingerprint density at radius 1 is 1.03 bits per heavy atom. The first-order valence-electron chi connectivity index (χ1n) is 13.5. The second-order valence-electron chi connectivity index (χ2n) is 11.4.